The van der Waals surface area contributed by atoms with Gasteiger partial charge in [-0.05, 0) is 30.7 Å². The Hall–Kier alpha value is -1.90. The first kappa shape index (κ1) is 10.2. The molecule has 0 spiro atoms. The fourth-order valence-corrected chi connectivity index (χ4v) is 0.802. The van der Waals surface area contributed by atoms with Crippen molar-refractivity contribution >= 4 is 0 Å². The lowest BCUT2D eigenvalue weighted by Crippen LogP contribution is -1.69. The van der Waals surface area contributed by atoms with Crippen LogP contribution in [0.3, 0.4) is 0 Å². The monoisotopic (exact) mass is 188 g/mol. The van der Waals surface area contributed by atoms with Gasteiger partial charge in [-0.25, -0.2) is 0 Å². The van der Waals surface area contributed by atoms with Gasteiger partial charge < -0.3 is 5.11 Å². The average Bonchev–Trinajstić information content (AvgIpc) is 2.21. The summed E-state index contributed by atoms with van der Waals surface area (Å²) in [6, 6.07) is 7.20. The summed E-state index contributed by atoms with van der Waals surface area (Å²) in [5.74, 6) is 0.211. The van der Waals surface area contributed by atoms with Crippen molar-refractivity contribution in [3.63, 3.8) is 0 Å². The molecule has 0 amide bonds. The smallest absolute Gasteiger partial charge is 0.133 e. The Kier molecular flexibility index (Phi) is 4.14. The number of rotatable bonds is 0. The molecule has 3 heteroatoms. The molecule has 0 saturated heterocycles. The molecule has 2 aromatic rings. The maximum absolute atomic E-state index is 8.57. The lowest BCUT2D eigenvalue weighted by Gasteiger charge is -1.82. The summed E-state index contributed by atoms with van der Waals surface area (Å²) in [6.45, 7) is 2.02. The molecule has 72 valence electrons. The van der Waals surface area contributed by atoms with Crippen molar-refractivity contribution < 1.29 is 5.11 Å². The predicted octanol–water partition coefficient (Wildman–Crippen LogP) is 2.18. The summed E-state index contributed by atoms with van der Waals surface area (Å²) in [6.07, 6.45) is 6.60. The summed E-state index contributed by atoms with van der Waals surface area (Å²) in [5.41, 5.74) is 1.21. The van der Waals surface area contributed by atoms with Crippen molar-refractivity contribution in [3.05, 3.63) is 54.6 Å². The van der Waals surface area contributed by atoms with Gasteiger partial charge >= 0.3 is 0 Å². The topological polar surface area (TPSA) is 46.0 Å². The van der Waals surface area contributed by atoms with Crippen LogP contribution < -0.4 is 0 Å². The quantitative estimate of drug-likeness (QED) is 0.689. The van der Waals surface area contributed by atoms with Gasteiger partial charge in [0.05, 0.1) is 6.20 Å². The first-order valence-corrected chi connectivity index (χ1v) is 4.24. The summed E-state index contributed by atoms with van der Waals surface area (Å²) in [4.78, 5) is 7.52. The van der Waals surface area contributed by atoms with Gasteiger partial charge in [-0.3, -0.25) is 9.97 Å². The normalized spacial score (nSPS) is 8.64. The standard InChI is InChI=1S/C6H7N.C5H5NO/c1-6-3-2-4-7-5-6;7-5-2-1-3-6-4-5/h2-5H,1H3;1-4,7H. The molecule has 2 heterocycles. The van der Waals surface area contributed by atoms with Crippen LogP contribution in [0.25, 0.3) is 0 Å². The van der Waals surface area contributed by atoms with Crippen molar-refractivity contribution in [2.75, 3.05) is 0 Å². The van der Waals surface area contributed by atoms with Crippen molar-refractivity contribution in [1.82, 2.24) is 9.97 Å². The van der Waals surface area contributed by atoms with Gasteiger partial charge in [0.1, 0.15) is 5.75 Å². The Labute approximate surface area is 83.1 Å². The van der Waals surface area contributed by atoms with E-state index in [4.69, 9.17) is 5.11 Å². The zero-order valence-electron chi connectivity index (χ0n) is 7.96. The number of nitrogens with zero attached hydrogens (tertiary/aromatic N) is 2. The second kappa shape index (κ2) is 5.70. The zero-order valence-corrected chi connectivity index (χ0v) is 7.96. The Balaban J connectivity index is 0.000000140. The molecule has 0 fully saturated rings. The minimum Gasteiger partial charge on any atom is -0.506 e. The minimum atomic E-state index is 0.211. The van der Waals surface area contributed by atoms with Crippen molar-refractivity contribution in [2.45, 2.75) is 6.92 Å². The second-order valence-electron chi connectivity index (χ2n) is 2.74. The fraction of sp³-hybridized carbons (Fsp3) is 0.0909. The van der Waals surface area contributed by atoms with E-state index >= 15 is 0 Å². The fourth-order valence-electron chi connectivity index (χ4n) is 0.802. The summed E-state index contributed by atoms with van der Waals surface area (Å²) in [5, 5.41) is 8.57. The van der Waals surface area contributed by atoms with Crippen LogP contribution in [-0.2, 0) is 0 Å². The van der Waals surface area contributed by atoms with Gasteiger partial charge in [-0.15, -0.1) is 0 Å². The van der Waals surface area contributed by atoms with Crippen LogP contribution in [0.4, 0.5) is 0 Å². The average molecular weight is 188 g/mol. The van der Waals surface area contributed by atoms with E-state index in [1.54, 1.807) is 24.5 Å². The van der Waals surface area contributed by atoms with Crippen molar-refractivity contribution in [1.29, 1.82) is 0 Å². The van der Waals surface area contributed by atoms with Gasteiger partial charge in [0.25, 0.3) is 0 Å². The molecule has 14 heavy (non-hydrogen) atoms. The summed E-state index contributed by atoms with van der Waals surface area (Å²) in [7, 11) is 0. The predicted molar refractivity (Wildman–Crippen MR) is 54.9 cm³/mol. The molecule has 3 nitrogen and oxygen atoms in total. The number of aromatic nitrogens is 2. The van der Waals surface area contributed by atoms with Gasteiger partial charge in [-0.1, -0.05) is 6.07 Å². The molecule has 0 aromatic carbocycles. The highest BCUT2D eigenvalue weighted by molar-refractivity contribution is 5.12. The third kappa shape index (κ3) is 4.21. The molecular formula is C11H12N2O. The molecule has 0 atom stereocenters. The molecule has 2 aromatic heterocycles. The van der Waals surface area contributed by atoms with E-state index < -0.39 is 0 Å². The molecule has 0 bridgehead atoms. The molecule has 2 rings (SSSR count). The Morgan fingerprint density at radius 3 is 1.86 bits per heavy atom. The van der Waals surface area contributed by atoms with E-state index in [0.717, 1.165) is 0 Å². The van der Waals surface area contributed by atoms with Crippen molar-refractivity contribution in [2.24, 2.45) is 0 Å². The SMILES string of the molecule is Cc1cccnc1.Oc1cccnc1. The van der Waals surface area contributed by atoms with Gasteiger partial charge in [0.15, 0.2) is 0 Å². The molecule has 0 aliphatic heterocycles. The van der Waals surface area contributed by atoms with E-state index in [0.29, 0.717) is 0 Å². The number of hydrogen-bond acceptors (Lipinski definition) is 3. The van der Waals surface area contributed by atoms with Crippen molar-refractivity contribution in [3.8, 4) is 5.75 Å². The van der Waals surface area contributed by atoms with Gasteiger partial charge in [0.2, 0.25) is 0 Å². The third-order valence-corrected chi connectivity index (χ3v) is 1.46. The van der Waals surface area contributed by atoms with Crippen LogP contribution in [0.1, 0.15) is 5.56 Å². The number of aromatic hydroxyl groups is 1. The van der Waals surface area contributed by atoms with Crippen LogP contribution in [-0.4, -0.2) is 15.1 Å². The molecule has 0 unspecified atom stereocenters. The highest BCUT2D eigenvalue weighted by Gasteiger charge is 1.76. The third-order valence-electron chi connectivity index (χ3n) is 1.46. The van der Waals surface area contributed by atoms with Gasteiger partial charge in [-0.2, -0.15) is 0 Å². The van der Waals surface area contributed by atoms with E-state index in [1.807, 2.05) is 25.3 Å². The largest absolute Gasteiger partial charge is 0.506 e. The van der Waals surface area contributed by atoms with Gasteiger partial charge in [0, 0.05) is 18.6 Å². The maximum atomic E-state index is 8.57. The van der Waals surface area contributed by atoms with Crippen LogP contribution in [0.15, 0.2) is 49.1 Å². The number of aryl methyl sites for hydroxylation is 1. The van der Waals surface area contributed by atoms with Crippen LogP contribution in [0.5, 0.6) is 5.75 Å². The van der Waals surface area contributed by atoms with E-state index in [1.165, 1.54) is 11.8 Å². The number of pyridine rings is 2. The van der Waals surface area contributed by atoms with Crippen LogP contribution >= 0.6 is 0 Å². The number of hydrogen-bond donors (Lipinski definition) is 1. The van der Waals surface area contributed by atoms with Crippen LogP contribution in [0.2, 0.25) is 0 Å². The highest BCUT2D eigenvalue weighted by Crippen LogP contribution is 1.99. The maximum Gasteiger partial charge on any atom is 0.133 e. The Morgan fingerprint density at radius 2 is 1.64 bits per heavy atom. The summed E-state index contributed by atoms with van der Waals surface area (Å²) < 4.78 is 0. The van der Waals surface area contributed by atoms with Crippen LogP contribution in [0, 0.1) is 6.92 Å². The molecule has 0 aliphatic carbocycles. The molecular weight excluding hydrogens is 176 g/mol. The Bertz CT molecular complexity index is 311. The molecule has 0 aliphatic rings. The lowest BCUT2D eigenvalue weighted by molar-refractivity contribution is 0.472. The molecule has 0 saturated carbocycles. The Morgan fingerprint density at radius 1 is 1.00 bits per heavy atom. The zero-order chi connectivity index (χ0) is 10.2. The lowest BCUT2D eigenvalue weighted by atomic mass is 10.3. The minimum absolute atomic E-state index is 0.211. The van der Waals surface area contributed by atoms with E-state index in [2.05, 4.69) is 9.97 Å². The van der Waals surface area contributed by atoms with E-state index in [-0.39, 0.29) is 5.75 Å². The second-order valence-corrected chi connectivity index (χ2v) is 2.74. The molecule has 0 radical (unpaired) electrons. The first-order chi connectivity index (χ1) is 6.79. The highest BCUT2D eigenvalue weighted by atomic mass is 16.3. The first-order valence-electron chi connectivity index (χ1n) is 4.24. The summed E-state index contributed by atoms with van der Waals surface area (Å²) >= 11 is 0. The molecule has 1 N–H and O–H groups in total. The van der Waals surface area contributed by atoms with E-state index in [9.17, 15) is 0 Å².